The van der Waals surface area contributed by atoms with Crippen molar-refractivity contribution in [2.75, 3.05) is 0 Å². The molecule has 8 rings (SSSR count). The van der Waals surface area contributed by atoms with E-state index >= 15 is 0 Å². The van der Waals surface area contributed by atoms with E-state index in [2.05, 4.69) is 84.4 Å². The number of imidazole rings is 1. The van der Waals surface area contributed by atoms with Crippen molar-refractivity contribution in [1.29, 1.82) is 0 Å². The molecule has 0 saturated carbocycles. The third-order valence-corrected chi connectivity index (χ3v) is 7.63. The second-order valence-electron chi connectivity index (χ2n) is 9.43. The molecule has 2 aromatic carbocycles. The van der Waals surface area contributed by atoms with Gasteiger partial charge in [0.1, 0.15) is 11.3 Å². The first kappa shape index (κ1) is 18.3. The Morgan fingerprint density at radius 3 is 2.97 bits per heavy atom. The summed E-state index contributed by atoms with van der Waals surface area (Å²) in [7, 11) is 0. The zero-order valence-corrected chi connectivity index (χ0v) is 18.9. The Morgan fingerprint density at radius 2 is 2.03 bits per heavy atom. The molecule has 0 fully saturated rings. The van der Waals surface area contributed by atoms with Crippen LogP contribution in [0.3, 0.4) is 0 Å². The summed E-state index contributed by atoms with van der Waals surface area (Å²) < 4.78 is 8.74. The van der Waals surface area contributed by atoms with E-state index in [1.165, 1.54) is 39.0 Å². The van der Waals surface area contributed by atoms with Crippen LogP contribution in [0.25, 0.3) is 22.3 Å². The number of hydrogen-bond donors (Lipinski definition) is 0. The van der Waals surface area contributed by atoms with E-state index in [1.807, 2.05) is 12.1 Å². The molecule has 3 aromatic rings. The van der Waals surface area contributed by atoms with Gasteiger partial charge >= 0.3 is 0 Å². The summed E-state index contributed by atoms with van der Waals surface area (Å²) in [5.74, 6) is 3.15. The monoisotopic (exact) mass is 438 g/mol. The topological polar surface area (TPSA) is 27.1 Å². The van der Waals surface area contributed by atoms with Gasteiger partial charge in [-0.1, -0.05) is 67.7 Å². The lowest BCUT2D eigenvalue weighted by molar-refractivity contribution is 0.474. The second kappa shape index (κ2) is 6.48. The number of ether oxygens (including phenoxy) is 1. The van der Waals surface area contributed by atoms with Gasteiger partial charge in [-0.15, -0.1) is 0 Å². The van der Waals surface area contributed by atoms with E-state index in [9.17, 15) is 0 Å². The van der Waals surface area contributed by atoms with Crippen LogP contribution in [0.1, 0.15) is 24.7 Å². The molecule has 3 heteroatoms. The molecule has 162 valence electrons. The summed E-state index contributed by atoms with van der Waals surface area (Å²) in [5.41, 5.74) is 12.7. The molecular formula is C31H22N2O. The molecule has 0 bridgehead atoms. The fourth-order valence-corrected chi connectivity index (χ4v) is 6.17. The van der Waals surface area contributed by atoms with Crippen molar-refractivity contribution in [2.45, 2.75) is 19.8 Å². The van der Waals surface area contributed by atoms with E-state index in [1.54, 1.807) is 0 Å². The van der Waals surface area contributed by atoms with Gasteiger partial charge in [0, 0.05) is 12.3 Å². The largest absolute Gasteiger partial charge is 0.453 e. The second-order valence-corrected chi connectivity index (χ2v) is 9.43. The minimum atomic E-state index is 0.322. The van der Waals surface area contributed by atoms with Crippen LogP contribution in [0.5, 0.6) is 11.5 Å². The van der Waals surface area contributed by atoms with Gasteiger partial charge in [0.25, 0.3) is 0 Å². The van der Waals surface area contributed by atoms with Crippen LogP contribution in [-0.2, 0) is 6.42 Å². The molecule has 1 unspecified atom stereocenters. The van der Waals surface area contributed by atoms with Gasteiger partial charge in [0.2, 0.25) is 0 Å². The van der Waals surface area contributed by atoms with Crippen LogP contribution in [0.2, 0.25) is 0 Å². The molecule has 4 aliphatic carbocycles. The van der Waals surface area contributed by atoms with E-state index in [-0.39, 0.29) is 0 Å². The van der Waals surface area contributed by atoms with Gasteiger partial charge in [-0.2, -0.15) is 0 Å². The fourth-order valence-electron chi connectivity index (χ4n) is 6.17. The third-order valence-electron chi connectivity index (χ3n) is 7.63. The molecule has 0 N–H and O–H groups in total. The van der Waals surface area contributed by atoms with Gasteiger partial charge in [0.05, 0.1) is 11.2 Å². The van der Waals surface area contributed by atoms with Crippen molar-refractivity contribution in [3.05, 3.63) is 124 Å². The molecule has 0 saturated heterocycles. The Balaban J connectivity index is 1.33. The molecule has 1 atom stereocenters. The Hall–Kier alpha value is -4.11. The first-order chi connectivity index (χ1) is 16.8. The maximum Gasteiger partial charge on any atom is 0.153 e. The highest BCUT2D eigenvalue weighted by Crippen LogP contribution is 2.52. The summed E-state index contributed by atoms with van der Waals surface area (Å²) in [6, 6.07) is 12.8. The van der Waals surface area contributed by atoms with Crippen molar-refractivity contribution >= 4 is 16.6 Å². The van der Waals surface area contributed by atoms with E-state index in [0.29, 0.717) is 5.92 Å². The molecule has 0 amide bonds. The van der Waals surface area contributed by atoms with Gasteiger partial charge in [-0.05, 0) is 69.7 Å². The summed E-state index contributed by atoms with van der Waals surface area (Å²) in [5, 5.41) is 0. The fraction of sp³-hybridized carbons (Fsp3) is 0.129. The Morgan fingerprint density at radius 1 is 1.06 bits per heavy atom. The molecule has 3 nitrogen and oxygen atoms in total. The number of fused-ring (bicyclic) bond motifs is 2. The average molecular weight is 439 g/mol. The zero-order chi connectivity index (χ0) is 22.4. The number of aryl methyl sites for hydroxylation is 1. The van der Waals surface area contributed by atoms with Gasteiger partial charge in [0.15, 0.2) is 11.5 Å². The van der Waals surface area contributed by atoms with Crippen molar-refractivity contribution in [2.24, 2.45) is 5.92 Å². The summed E-state index contributed by atoms with van der Waals surface area (Å²) in [6.07, 6.45) is 20.1. The number of benzene rings is 2. The number of nitrogens with zero attached hydrogens (tertiary/aromatic N) is 2. The quantitative estimate of drug-likeness (QED) is 0.328. The Labute approximate surface area is 198 Å². The van der Waals surface area contributed by atoms with E-state index in [4.69, 9.17) is 9.72 Å². The van der Waals surface area contributed by atoms with Crippen LogP contribution in [0.4, 0.5) is 0 Å². The van der Waals surface area contributed by atoms with Crippen LogP contribution in [0, 0.1) is 5.92 Å². The van der Waals surface area contributed by atoms with Crippen LogP contribution < -0.4 is 4.74 Å². The molecule has 5 aliphatic rings. The molecule has 0 radical (unpaired) electrons. The first-order valence-electron chi connectivity index (χ1n) is 12.1. The number of hydrogen-bond acceptors (Lipinski definition) is 2. The molecule has 2 heterocycles. The smallest absolute Gasteiger partial charge is 0.153 e. The van der Waals surface area contributed by atoms with Crippen LogP contribution in [0.15, 0.2) is 113 Å². The minimum absolute atomic E-state index is 0.322. The highest BCUT2D eigenvalue weighted by atomic mass is 16.5. The van der Waals surface area contributed by atoms with Gasteiger partial charge in [-0.25, -0.2) is 4.98 Å². The van der Waals surface area contributed by atoms with Gasteiger partial charge in [-0.3, -0.25) is 4.57 Å². The van der Waals surface area contributed by atoms with Crippen molar-refractivity contribution in [3.8, 4) is 17.2 Å². The predicted molar refractivity (Wildman–Crippen MR) is 136 cm³/mol. The predicted octanol–water partition coefficient (Wildman–Crippen LogP) is 7.33. The summed E-state index contributed by atoms with van der Waals surface area (Å²) in [4.78, 5) is 4.87. The van der Waals surface area contributed by atoms with E-state index < -0.39 is 0 Å². The highest BCUT2D eigenvalue weighted by molar-refractivity contribution is 5.91. The number of allylic oxidation sites excluding steroid dienone is 14. The number of aromatic nitrogens is 2. The molecule has 1 aromatic heterocycles. The number of para-hydroxylation sites is 1. The van der Waals surface area contributed by atoms with Crippen LogP contribution >= 0.6 is 0 Å². The lowest BCUT2D eigenvalue weighted by atomic mass is 9.66. The van der Waals surface area contributed by atoms with E-state index in [0.717, 1.165) is 46.9 Å². The maximum atomic E-state index is 6.47. The highest BCUT2D eigenvalue weighted by Gasteiger charge is 2.35. The first-order valence-corrected chi connectivity index (χ1v) is 12.1. The summed E-state index contributed by atoms with van der Waals surface area (Å²) in [6.45, 7) is 2.16. The lowest BCUT2D eigenvalue weighted by Gasteiger charge is -2.37. The molecule has 0 spiro atoms. The van der Waals surface area contributed by atoms with Gasteiger partial charge < -0.3 is 4.74 Å². The molecule has 34 heavy (non-hydrogen) atoms. The van der Waals surface area contributed by atoms with Crippen LogP contribution in [-0.4, -0.2) is 9.55 Å². The Bertz CT molecular complexity index is 1680. The minimum Gasteiger partial charge on any atom is -0.453 e. The van der Waals surface area contributed by atoms with Crippen molar-refractivity contribution < 1.29 is 4.74 Å². The normalized spacial score (nSPS) is 20.8. The van der Waals surface area contributed by atoms with Crippen molar-refractivity contribution in [3.63, 3.8) is 0 Å². The molecular weight excluding hydrogens is 416 g/mol. The van der Waals surface area contributed by atoms with Crippen molar-refractivity contribution in [1.82, 2.24) is 9.55 Å². The number of rotatable bonds is 2. The zero-order valence-electron chi connectivity index (χ0n) is 18.9. The average Bonchev–Trinajstić information content (AvgIpc) is 3.27. The SMILES string of the molecule is CCc1nc2cccc3c2n1-c1ccc(C2=CC4=C5C(=CC=C6C=CC=C2C65)C=CC4)cc1O3. The standard InChI is InChI=1S/C31H22N2O/c1-2-28-32-24-10-5-11-26-31(24)33(28)25-15-14-20(17-27(25)34-26)23-16-21-8-3-6-18-12-13-19-7-4-9-22(23)30(19)29(18)21/h3-7,9-17,30H,2,8H2,1H3. The maximum absolute atomic E-state index is 6.47. The lowest BCUT2D eigenvalue weighted by Crippen LogP contribution is -2.22. The third kappa shape index (κ3) is 2.29. The summed E-state index contributed by atoms with van der Waals surface area (Å²) >= 11 is 0. The molecule has 1 aliphatic heterocycles. The Kier molecular flexibility index (Phi) is 3.49.